The molecule has 0 unspecified atom stereocenters. The molecule has 0 radical (unpaired) electrons. The zero-order valence-corrected chi connectivity index (χ0v) is 8.27. The summed E-state index contributed by atoms with van der Waals surface area (Å²) in [6.07, 6.45) is 3.56. The smallest absolute Gasteiger partial charge is 0.201 e. The van der Waals surface area contributed by atoms with Gasteiger partial charge in [-0.3, -0.25) is 0 Å². The minimum Gasteiger partial charge on any atom is -0.382 e. The fourth-order valence-corrected chi connectivity index (χ4v) is 1.03. The Kier molecular flexibility index (Phi) is 3.02. The van der Waals surface area contributed by atoms with Crippen LogP contribution in [-0.2, 0) is 7.05 Å². The van der Waals surface area contributed by atoms with Crippen LogP contribution in [0.25, 0.3) is 0 Å². The first-order valence-electron chi connectivity index (χ1n) is 3.83. The average molecular weight is 196 g/mol. The van der Waals surface area contributed by atoms with Gasteiger partial charge in [-0.15, -0.1) is 6.58 Å². The van der Waals surface area contributed by atoms with Gasteiger partial charge >= 0.3 is 0 Å². The van der Waals surface area contributed by atoms with Crippen molar-refractivity contribution < 1.29 is 0 Å². The van der Waals surface area contributed by atoms with Crippen molar-refractivity contribution in [2.75, 3.05) is 17.6 Å². The van der Waals surface area contributed by atoms with E-state index in [1.165, 1.54) is 0 Å². The lowest BCUT2D eigenvalue weighted by Crippen LogP contribution is -2.07. The summed E-state index contributed by atoms with van der Waals surface area (Å²) in [5.41, 5.74) is 6.42. The van der Waals surface area contributed by atoms with E-state index in [0.29, 0.717) is 17.1 Å². The van der Waals surface area contributed by atoms with Crippen LogP contribution in [0.2, 0.25) is 0 Å². The lowest BCUT2D eigenvalue weighted by Gasteiger charge is -2.08. The van der Waals surface area contributed by atoms with Gasteiger partial charge in [-0.2, -0.15) is 0 Å². The summed E-state index contributed by atoms with van der Waals surface area (Å²) in [5, 5.41) is 3.06. The average Bonchev–Trinajstić information content (AvgIpc) is 2.09. The van der Waals surface area contributed by atoms with Gasteiger partial charge in [0.25, 0.3) is 0 Å². The molecule has 1 heterocycles. The highest BCUT2D eigenvalue weighted by Crippen LogP contribution is 2.13. The van der Waals surface area contributed by atoms with Crippen molar-refractivity contribution in [3.63, 3.8) is 0 Å². The summed E-state index contributed by atoms with van der Waals surface area (Å²) in [4.78, 5) is 3.98. The maximum absolute atomic E-state index is 5.64. The first-order valence-corrected chi connectivity index (χ1v) is 4.24. The van der Waals surface area contributed by atoms with E-state index in [0.717, 1.165) is 5.69 Å². The van der Waals surface area contributed by atoms with Crippen molar-refractivity contribution in [3.05, 3.63) is 23.6 Å². The first kappa shape index (κ1) is 9.73. The van der Waals surface area contributed by atoms with Crippen LogP contribution in [-0.4, -0.2) is 16.1 Å². The molecule has 0 saturated carbocycles. The molecule has 70 valence electrons. The third-order valence-corrected chi connectivity index (χ3v) is 1.93. The molecule has 0 spiro atoms. The number of nitrogens with zero attached hydrogens (tertiary/aromatic N) is 2. The Morgan fingerprint density at radius 3 is 3.15 bits per heavy atom. The summed E-state index contributed by atoms with van der Waals surface area (Å²) in [5.74, 6) is 0.421. The molecule has 4 nitrogen and oxygen atoms in total. The van der Waals surface area contributed by atoms with Gasteiger partial charge in [-0.1, -0.05) is 6.08 Å². The molecule has 5 heteroatoms. The molecule has 0 aromatic carbocycles. The topological polar surface area (TPSA) is 55.9 Å². The molecule has 13 heavy (non-hydrogen) atoms. The van der Waals surface area contributed by atoms with Crippen LogP contribution >= 0.6 is 12.2 Å². The van der Waals surface area contributed by atoms with Crippen LogP contribution in [0.15, 0.2) is 18.9 Å². The molecule has 1 aromatic heterocycles. The normalized spacial score (nSPS) is 9.62. The summed E-state index contributed by atoms with van der Waals surface area (Å²) < 4.78 is 2.21. The molecular formula is C8H12N4S. The fraction of sp³-hybridized carbons (Fsp3) is 0.250. The molecule has 0 aliphatic carbocycles. The largest absolute Gasteiger partial charge is 0.382 e. The Morgan fingerprint density at radius 1 is 1.85 bits per heavy atom. The molecule has 0 atom stereocenters. The second kappa shape index (κ2) is 4.04. The Bertz CT molecular complexity index is 369. The molecule has 0 aliphatic rings. The lowest BCUT2D eigenvalue weighted by molar-refractivity contribution is 0.847. The van der Waals surface area contributed by atoms with Crippen LogP contribution < -0.4 is 11.1 Å². The van der Waals surface area contributed by atoms with Gasteiger partial charge in [0, 0.05) is 19.8 Å². The molecule has 0 saturated heterocycles. The monoisotopic (exact) mass is 196 g/mol. The Morgan fingerprint density at radius 2 is 2.54 bits per heavy atom. The van der Waals surface area contributed by atoms with Crippen molar-refractivity contribution in [3.8, 4) is 0 Å². The standard InChI is InChI=1S/C8H12N4S/c1-3-4-10-6-5-12(2)8(13)11-7(6)9/h3,5,10H,1,4H2,2H3,(H2,9,11,13). The number of aryl methyl sites for hydroxylation is 1. The van der Waals surface area contributed by atoms with Gasteiger partial charge < -0.3 is 15.6 Å². The van der Waals surface area contributed by atoms with Gasteiger partial charge in [0.2, 0.25) is 4.77 Å². The Labute approximate surface area is 82.1 Å². The fourth-order valence-electron chi connectivity index (χ4n) is 0.875. The van der Waals surface area contributed by atoms with Crippen molar-refractivity contribution in [1.29, 1.82) is 0 Å². The van der Waals surface area contributed by atoms with Gasteiger partial charge in [0.15, 0.2) is 5.82 Å². The summed E-state index contributed by atoms with van der Waals surface area (Å²) in [7, 11) is 1.83. The molecule has 1 rings (SSSR count). The number of anilines is 2. The number of nitrogens with two attached hydrogens (primary N) is 1. The maximum atomic E-state index is 5.64. The van der Waals surface area contributed by atoms with E-state index in [1.54, 1.807) is 10.6 Å². The SMILES string of the molecule is C=CCNc1cn(C)c(=S)nc1N. The molecule has 3 N–H and O–H groups in total. The van der Waals surface area contributed by atoms with Crippen LogP contribution in [0.5, 0.6) is 0 Å². The molecular weight excluding hydrogens is 184 g/mol. The second-order valence-electron chi connectivity index (χ2n) is 2.60. The molecule has 0 bridgehead atoms. The Hall–Kier alpha value is -1.36. The second-order valence-corrected chi connectivity index (χ2v) is 2.97. The van der Waals surface area contributed by atoms with Gasteiger partial charge in [0.1, 0.15) is 0 Å². The number of nitrogens with one attached hydrogen (secondary N) is 1. The van der Waals surface area contributed by atoms with Crippen LogP contribution in [0.3, 0.4) is 0 Å². The number of rotatable bonds is 3. The third-order valence-electron chi connectivity index (χ3n) is 1.55. The number of aromatic nitrogens is 2. The van der Waals surface area contributed by atoms with Gasteiger partial charge in [-0.05, 0) is 12.2 Å². The highest BCUT2D eigenvalue weighted by Gasteiger charge is 1.99. The van der Waals surface area contributed by atoms with Gasteiger partial charge in [-0.25, -0.2) is 4.98 Å². The van der Waals surface area contributed by atoms with Crippen molar-refractivity contribution in [1.82, 2.24) is 9.55 Å². The minimum absolute atomic E-state index is 0.421. The summed E-state index contributed by atoms with van der Waals surface area (Å²) in [6.45, 7) is 4.25. The van der Waals surface area contributed by atoms with Crippen LogP contribution in [0.1, 0.15) is 0 Å². The zero-order valence-electron chi connectivity index (χ0n) is 7.45. The quantitative estimate of drug-likeness (QED) is 0.565. The number of hydrogen-bond donors (Lipinski definition) is 2. The lowest BCUT2D eigenvalue weighted by atomic mass is 10.4. The summed E-state index contributed by atoms with van der Waals surface area (Å²) >= 11 is 4.94. The van der Waals surface area contributed by atoms with Crippen LogP contribution in [0.4, 0.5) is 11.5 Å². The van der Waals surface area contributed by atoms with E-state index in [2.05, 4.69) is 16.9 Å². The van der Waals surface area contributed by atoms with Crippen LogP contribution in [0, 0.1) is 4.77 Å². The van der Waals surface area contributed by atoms with E-state index in [9.17, 15) is 0 Å². The Balaban J connectivity index is 3.01. The number of hydrogen-bond acceptors (Lipinski definition) is 4. The predicted octanol–water partition coefficient (Wildman–Crippen LogP) is 1.33. The van der Waals surface area contributed by atoms with Crippen molar-refractivity contribution in [2.45, 2.75) is 0 Å². The van der Waals surface area contributed by atoms with Gasteiger partial charge in [0.05, 0.1) is 5.69 Å². The van der Waals surface area contributed by atoms with E-state index in [1.807, 2.05) is 13.2 Å². The first-order chi connectivity index (χ1) is 6.15. The minimum atomic E-state index is 0.421. The molecule has 0 amide bonds. The molecule has 1 aromatic rings. The zero-order chi connectivity index (χ0) is 9.84. The van der Waals surface area contributed by atoms with E-state index < -0.39 is 0 Å². The van der Waals surface area contributed by atoms with E-state index >= 15 is 0 Å². The van der Waals surface area contributed by atoms with E-state index in [-0.39, 0.29) is 0 Å². The highest BCUT2D eigenvalue weighted by atomic mass is 32.1. The molecule has 0 aliphatic heterocycles. The summed E-state index contributed by atoms with van der Waals surface area (Å²) in [6, 6.07) is 0. The van der Waals surface area contributed by atoms with Crippen molar-refractivity contribution in [2.24, 2.45) is 7.05 Å². The van der Waals surface area contributed by atoms with Crippen molar-refractivity contribution >= 4 is 23.7 Å². The predicted molar refractivity (Wildman–Crippen MR) is 57.1 cm³/mol. The third kappa shape index (κ3) is 2.29. The highest BCUT2D eigenvalue weighted by molar-refractivity contribution is 7.71. The molecule has 0 fully saturated rings. The van der Waals surface area contributed by atoms with E-state index in [4.69, 9.17) is 18.0 Å². The maximum Gasteiger partial charge on any atom is 0.201 e. The number of nitrogen functional groups attached to an aromatic ring is 1.